The molecule has 0 saturated carbocycles. The van der Waals surface area contributed by atoms with E-state index < -0.39 is 7.04 Å². The van der Waals surface area contributed by atoms with Crippen LogP contribution in [0.25, 0.3) is 0 Å². The summed E-state index contributed by atoms with van der Waals surface area (Å²) < 4.78 is 24.9. The van der Waals surface area contributed by atoms with Crippen molar-refractivity contribution in [3.8, 4) is 5.88 Å². The van der Waals surface area contributed by atoms with E-state index >= 15 is 0 Å². The molecule has 0 aliphatic rings. The maximum Gasteiger partial charge on any atom is 0.212 e. The fraction of sp³-hybridized carbons (Fsp3) is 0.286. The van der Waals surface area contributed by atoms with Gasteiger partial charge in [0.1, 0.15) is 0 Å². The topological polar surface area (TPSA) is 42.4 Å². The molecule has 1 aromatic heterocycles. The van der Waals surface area contributed by atoms with Gasteiger partial charge in [0, 0.05) is 12.3 Å². The molecular formula is C7H9NO2. The van der Waals surface area contributed by atoms with Gasteiger partial charge in [0.15, 0.2) is 0 Å². The van der Waals surface area contributed by atoms with Crippen LogP contribution in [0.15, 0.2) is 18.3 Å². The van der Waals surface area contributed by atoms with Crippen LogP contribution in [-0.2, 0) is 6.61 Å². The van der Waals surface area contributed by atoms with Crippen molar-refractivity contribution in [2.24, 2.45) is 0 Å². The molecule has 0 radical (unpaired) electrons. The Morgan fingerprint density at radius 1 is 1.80 bits per heavy atom. The molecule has 1 rings (SSSR count). The predicted molar refractivity (Wildman–Crippen MR) is 36.7 cm³/mol. The van der Waals surface area contributed by atoms with E-state index in [0.717, 1.165) is 0 Å². The van der Waals surface area contributed by atoms with Crippen molar-refractivity contribution in [2.45, 2.75) is 6.61 Å². The monoisotopic (exact) mass is 142 g/mol. The zero-order valence-electron chi connectivity index (χ0n) is 8.24. The van der Waals surface area contributed by atoms with Crippen molar-refractivity contribution >= 4 is 0 Å². The summed E-state index contributed by atoms with van der Waals surface area (Å²) in [6.07, 6.45) is 1.36. The van der Waals surface area contributed by atoms with E-state index in [1.165, 1.54) is 12.3 Å². The van der Waals surface area contributed by atoms with E-state index in [1.54, 1.807) is 6.07 Å². The summed E-state index contributed by atoms with van der Waals surface area (Å²) in [6, 6.07) is 2.95. The Labute approximate surface area is 63.5 Å². The third kappa shape index (κ3) is 1.45. The van der Waals surface area contributed by atoms with E-state index in [0.29, 0.717) is 5.56 Å². The van der Waals surface area contributed by atoms with Crippen LogP contribution in [0.1, 0.15) is 9.68 Å². The lowest BCUT2D eigenvalue weighted by Crippen LogP contribution is -1.88. The predicted octanol–water partition coefficient (Wildman–Crippen LogP) is 0.583. The number of pyridine rings is 1. The Morgan fingerprint density at radius 2 is 2.70 bits per heavy atom. The lowest BCUT2D eigenvalue weighted by molar-refractivity contribution is 0.281. The second-order valence-corrected chi connectivity index (χ2v) is 1.76. The summed E-state index contributed by atoms with van der Waals surface area (Å²) in [5.41, 5.74) is 0.609. The molecule has 0 fully saturated rings. The minimum atomic E-state index is -2.48. The van der Waals surface area contributed by atoms with Crippen molar-refractivity contribution in [3.05, 3.63) is 23.9 Å². The zero-order chi connectivity index (χ0) is 9.90. The highest BCUT2D eigenvalue weighted by molar-refractivity contribution is 5.16. The number of nitrogens with zero attached hydrogens (tertiary/aromatic N) is 1. The Morgan fingerprint density at radius 3 is 3.20 bits per heavy atom. The Hall–Kier alpha value is -1.09. The van der Waals surface area contributed by atoms with Gasteiger partial charge in [0.25, 0.3) is 0 Å². The van der Waals surface area contributed by atoms with Crippen LogP contribution in [0.5, 0.6) is 5.88 Å². The quantitative estimate of drug-likeness (QED) is 0.656. The second kappa shape index (κ2) is 3.17. The first-order valence-corrected chi connectivity index (χ1v) is 2.76. The van der Waals surface area contributed by atoms with Gasteiger partial charge in [0.2, 0.25) is 5.88 Å². The highest BCUT2D eigenvalue weighted by Gasteiger charge is 1.91. The molecule has 0 aromatic carbocycles. The number of rotatable bonds is 2. The van der Waals surface area contributed by atoms with Gasteiger partial charge in [-0.05, 0) is 11.6 Å². The highest BCUT2D eigenvalue weighted by atomic mass is 16.5. The first kappa shape index (κ1) is 3.93. The number of aromatic nitrogens is 1. The zero-order valence-corrected chi connectivity index (χ0v) is 5.24. The van der Waals surface area contributed by atoms with Gasteiger partial charge in [-0.3, -0.25) is 0 Å². The molecule has 0 saturated heterocycles. The summed E-state index contributed by atoms with van der Waals surface area (Å²) in [6.45, 7) is -0.124. The van der Waals surface area contributed by atoms with Crippen molar-refractivity contribution in [2.75, 3.05) is 7.04 Å². The number of aliphatic hydroxyl groups excluding tert-OH is 1. The number of methoxy groups -OCH3 is 1. The van der Waals surface area contributed by atoms with Gasteiger partial charge in [-0.2, -0.15) is 0 Å². The molecule has 0 spiro atoms. The molecule has 1 heterocycles. The van der Waals surface area contributed by atoms with Gasteiger partial charge in [0.05, 0.1) is 17.8 Å². The van der Waals surface area contributed by atoms with Crippen LogP contribution in [0, 0.1) is 0 Å². The third-order valence-electron chi connectivity index (χ3n) is 1.08. The molecule has 0 aliphatic carbocycles. The van der Waals surface area contributed by atoms with Gasteiger partial charge in [-0.1, -0.05) is 0 Å². The minimum Gasteiger partial charge on any atom is -0.481 e. The molecule has 3 nitrogen and oxygen atoms in total. The molecule has 0 bridgehead atoms. The number of aliphatic hydroxyl groups is 1. The Kier molecular flexibility index (Phi) is 1.25. The minimum absolute atomic E-state index is 0.0252. The van der Waals surface area contributed by atoms with Gasteiger partial charge >= 0.3 is 0 Å². The largest absolute Gasteiger partial charge is 0.481 e. The highest BCUT2D eigenvalue weighted by Crippen LogP contribution is 2.05. The van der Waals surface area contributed by atoms with E-state index in [-0.39, 0.29) is 12.5 Å². The molecule has 10 heavy (non-hydrogen) atoms. The molecule has 1 N–H and O–H groups in total. The van der Waals surface area contributed by atoms with E-state index in [4.69, 9.17) is 9.22 Å². The van der Waals surface area contributed by atoms with Crippen LogP contribution in [0.3, 0.4) is 0 Å². The lowest BCUT2D eigenvalue weighted by Gasteiger charge is -1.97. The summed E-state index contributed by atoms with van der Waals surface area (Å²) in [5.74, 6) is 0.0252. The molecule has 0 unspecified atom stereocenters. The molecule has 54 valence electrons. The van der Waals surface area contributed by atoms with E-state index in [1.807, 2.05) is 0 Å². The number of hydrogen-bond acceptors (Lipinski definition) is 3. The van der Waals surface area contributed by atoms with Crippen LogP contribution >= 0.6 is 0 Å². The Balaban J connectivity index is 2.70. The molecule has 1 aromatic rings. The maximum absolute atomic E-state index is 8.67. The Bertz CT molecular complexity index is 270. The van der Waals surface area contributed by atoms with E-state index in [9.17, 15) is 0 Å². The number of hydrogen-bond donors (Lipinski definition) is 1. The summed E-state index contributed by atoms with van der Waals surface area (Å²) in [5, 5.41) is 8.67. The smallest absolute Gasteiger partial charge is 0.212 e. The van der Waals surface area contributed by atoms with Crippen molar-refractivity contribution in [1.82, 2.24) is 4.98 Å². The normalized spacial score (nSPS) is 15.1. The SMILES string of the molecule is [2H]C([2H])([2H])Oc1ccc(CO)cn1. The summed E-state index contributed by atoms with van der Waals surface area (Å²) in [7, 11) is -2.48. The van der Waals surface area contributed by atoms with Crippen molar-refractivity contribution in [1.29, 1.82) is 0 Å². The van der Waals surface area contributed by atoms with Crippen LogP contribution in [0.2, 0.25) is 0 Å². The van der Waals surface area contributed by atoms with Gasteiger partial charge in [-0.25, -0.2) is 4.98 Å². The van der Waals surface area contributed by atoms with Crippen LogP contribution in [-0.4, -0.2) is 17.1 Å². The fourth-order valence-corrected chi connectivity index (χ4v) is 0.565. The van der Waals surface area contributed by atoms with Gasteiger partial charge < -0.3 is 9.84 Å². The van der Waals surface area contributed by atoms with Crippen LogP contribution < -0.4 is 4.74 Å². The van der Waals surface area contributed by atoms with Gasteiger partial charge in [-0.15, -0.1) is 0 Å². The molecule has 0 aliphatic heterocycles. The summed E-state index contributed by atoms with van der Waals surface area (Å²) >= 11 is 0. The van der Waals surface area contributed by atoms with Crippen LogP contribution in [0.4, 0.5) is 0 Å². The third-order valence-corrected chi connectivity index (χ3v) is 1.08. The van der Waals surface area contributed by atoms with Crippen molar-refractivity contribution in [3.63, 3.8) is 0 Å². The molecular weight excluding hydrogens is 130 g/mol. The van der Waals surface area contributed by atoms with Crippen molar-refractivity contribution < 1.29 is 14.0 Å². The van der Waals surface area contributed by atoms with E-state index in [2.05, 4.69) is 9.72 Å². The molecule has 0 atom stereocenters. The number of ether oxygens (including phenoxy) is 1. The average Bonchev–Trinajstić information content (AvgIpc) is 2.03. The average molecular weight is 142 g/mol. The maximum atomic E-state index is 8.67. The summed E-state index contributed by atoms with van der Waals surface area (Å²) in [4.78, 5) is 3.69. The lowest BCUT2D eigenvalue weighted by atomic mass is 10.3. The standard InChI is InChI=1S/C7H9NO2/c1-10-7-3-2-6(5-9)4-8-7/h2-4,9H,5H2,1H3/i1D3. The molecule has 0 amide bonds. The first-order chi connectivity index (χ1) is 6.01. The second-order valence-electron chi connectivity index (χ2n) is 1.76. The first-order valence-electron chi connectivity index (χ1n) is 4.26. The molecule has 3 heteroatoms. The fourth-order valence-electron chi connectivity index (χ4n) is 0.565.